The van der Waals surface area contributed by atoms with E-state index in [1.807, 2.05) is 19.9 Å². The topological polar surface area (TPSA) is 81.4 Å². The number of aryl methyl sites for hydroxylation is 2. The van der Waals surface area contributed by atoms with Crippen molar-refractivity contribution in [3.63, 3.8) is 0 Å². The lowest BCUT2D eigenvalue weighted by atomic mass is 10.1. The quantitative estimate of drug-likeness (QED) is 0.830. The number of nitrogens with two attached hydrogens (primary N) is 1. The van der Waals surface area contributed by atoms with Gasteiger partial charge in [0.1, 0.15) is 10.6 Å². The molecule has 0 bridgehead atoms. The van der Waals surface area contributed by atoms with Crippen LogP contribution in [-0.4, -0.2) is 28.1 Å². The van der Waals surface area contributed by atoms with E-state index in [-0.39, 0.29) is 29.9 Å². The van der Waals surface area contributed by atoms with E-state index in [0.29, 0.717) is 11.7 Å². The first-order chi connectivity index (χ1) is 9.35. The van der Waals surface area contributed by atoms with Gasteiger partial charge < -0.3 is 10.5 Å². The molecule has 0 aromatic heterocycles. The average molecular weight is 335 g/mol. The molecule has 21 heavy (non-hydrogen) atoms. The average Bonchev–Trinajstić information content (AvgIpc) is 3.19. The van der Waals surface area contributed by atoms with Gasteiger partial charge in [0, 0.05) is 12.6 Å². The Morgan fingerprint density at radius 1 is 1.38 bits per heavy atom. The Morgan fingerprint density at radius 2 is 2.00 bits per heavy atom. The Kier molecular flexibility index (Phi) is 6.04. The molecule has 1 aromatic rings. The third-order valence-corrected chi connectivity index (χ3v) is 5.04. The molecule has 0 amide bonds. The van der Waals surface area contributed by atoms with Crippen LogP contribution in [-0.2, 0) is 10.0 Å². The summed E-state index contributed by atoms with van der Waals surface area (Å²) >= 11 is 0. The molecule has 1 aromatic carbocycles. The Hall–Kier alpha value is -0.820. The maximum absolute atomic E-state index is 12.4. The van der Waals surface area contributed by atoms with Gasteiger partial charge in [-0.05, 0) is 49.8 Å². The molecule has 120 valence electrons. The number of hydrogen-bond acceptors (Lipinski definition) is 4. The van der Waals surface area contributed by atoms with E-state index in [2.05, 4.69) is 4.72 Å². The SMILES string of the molecule is COc1c(C)cc(C)cc1S(=O)(=O)NCC(N)C1CC1.Cl. The summed E-state index contributed by atoms with van der Waals surface area (Å²) in [4.78, 5) is 0.181. The van der Waals surface area contributed by atoms with Crippen LogP contribution in [0.4, 0.5) is 0 Å². The largest absolute Gasteiger partial charge is 0.495 e. The van der Waals surface area contributed by atoms with Gasteiger partial charge in [0.25, 0.3) is 0 Å². The summed E-state index contributed by atoms with van der Waals surface area (Å²) in [7, 11) is -2.13. The lowest BCUT2D eigenvalue weighted by Gasteiger charge is -2.16. The highest BCUT2D eigenvalue weighted by Gasteiger charge is 2.30. The van der Waals surface area contributed by atoms with Gasteiger partial charge in [0.05, 0.1) is 7.11 Å². The van der Waals surface area contributed by atoms with Gasteiger partial charge in [-0.3, -0.25) is 0 Å². The zero-order chi connectivity index (χ0) is 14.9. The Bertz CT molecular complexity index is 600. The van der Waals surface area contributed by atoms with E-state index >= 15 is 0 Å². The summed E-state index contributed by atoms with van der Waals surface area (Å²) in [5.41, 5.74) is 7.63. The number of nitrogens with one attached hydrogen (secondary N) is 1. The van der Waals surface area contributed by atoms with Crippen molar-refractivity contribution >= 4 is 22.4 Å². The second-order valence-electron chi connectivity index (χ2n) is 5.47. The molecule has 2 rings (SSSR count). The van der Waals surface area contributed by atoms with Crippen LogP contribution in [0.15, 0.2) is 17.0 Å². The maximum Gasteiger partial charge on any atom is 0.244 e. The molecule has 0 heterocycles. The van der Waals surface area contributed by atoms with Crippen LogP contribution in [0.3, 0.4) is 0 Å². The lowest BCUT2D eigenvalue weighted by molar-refractivity contribution is 0.398. The molecule has 1 fully saturated rings. The molecular formula is C14H23ClN2O3S. The van der Waals surface area contributed by atoms with Crippen molar-refractivity contribution in [3.05, 3.63) is 23.3 Å². The molecule has 1 saturated carbocycles. The van der Waals surface area contributed by atoms with E-state index in [4.69, 9.17) is 10.5 Å². The van der Waals surface area contributed by atoms with Crippen molar-refractivity contribution in [2.45, 2.75) is 37.6 Å². The minimum absolute atomic E-state index is 0. The van der Waals surface area contributed by atoms with Crippen molar-refractivity contribution in [1.82, 2.24) is 4.72 Å². The van der Waals surface area contributed by atoms with E-state index in [0.717, 1.165) is 24.0 Å². The molecule has 7 heteroatoms. The summed E-state index contributed by atoms with van der Waals surface area (Å²) in [6, 6.07) is 3.41. The number of ether oxygens (including phenoxy) is 1. The van der Waals surface area contributed by atoms with Gasteiger partial charge in [-0.2, -0.15) is 0 Å². The molecule has 1 atom stereocenters. The summed E-state index contributed by atoms with van der Waals surface area (Å²) in [6.45, 7) is 3.96. The predicted molar refractivity (Wildman–Crippen MR) is 85.6 cm³/mol. The first kappa shape index (κ1) is 18.2. The fourth-order valence-corrected chi connectivity index (χ4v) is 3.75. The third kappa shape index (κ3) is 4.32. The molecule has 1 aliphatic rings. The fourth-order valence-electron chi connectivity index (χ4n) is 2.35. The lowest BCUT2D eigenvalue weighted by Crippen LogP contribution is -2.38. The zero-order valence-electron chi connectivity index (χ0n) is 12.5. The molecule has 1 unspecified atom stereocenters. The molecular weight excluding hydrogens is 312 g/mol. The van der Waals surface area contributed by atoms with Gasteiger partial charge in [0.2, 0.25) is 10.0 Å². The number of hydrogen-bond donors (Lipinski definition) is 2. The van der Waals surface area contributed by atoms with E-state index < -0.39 is 10.0 Å². The second kappa shape index (κ2) is 6.96. The fraction of sp³-hybridized carbons (Fsp3) is 0.571. The van der Waals surface area contributed by atoms with Crippen molar-refractivity contribution in [1.29, 1.82) is 0 Å². The maximum atomic E-state index is 12.4. The minimum Gasteiger partial charge on any atom is -0.495 e. The third-order valence-electron chi connectivity index (χ3n) is 3.62. The summed E-state index contributed by atoms with van der Waals surface area (Å²) in [6.07, 6.45) is 2.19. The van der Waals surface area contributed by atoms with Crippen LogP contribution in [0.1, 0.15) is 24.0 Å². The molecule has 0 spiro atoms. The smallest absolute Gasteiger partial charge is 0.244 e. The molecule has 1 aliphatic carbocycles. The van der Waals surface area contributed by atoms with Crippen LogP contribution in [0.2, 0.25) is 0 Å². The molecule has 0 radical (unpaired) electrons. The van der Waals surface area contributed by atoms with Crippen molar-refractivity contribution < 1.29 is 13.2 Å². The summed E-state index contributed by atoms with van der Waals surface area (Å²) < 4.78 is 32.7. The minimum atomic E-state index is -3.60. The number of sulfonamides is 1. The normalized spacial score (nSPS) is 16.2. The van der Waals surface area contributed by atoms with Gasteiger partial charge >= 0.3 is 0 Å². The van der Waals surface area contributed by atoms with E-state index in [1.165, 1.54) is 7.11 Å². The van der Waals surface area contributed by atoms with Crippen LogP contribution in [0, 0.1) is 19.8 Å². The Balaban J connectivity index is 0.00000220. The highest BCUT2D eigenvalue weighted by atomic mass is 35.5. The highest BCUT2D eigenvalue weighted by Crippen LogP contribution is 2.32. The molecule has 0 aliphatic heterocycles. The second-order valence-corrected chi connectivity index (χ2v) is 7.20. The zero-order valence-corrected chi connectivity index (χ0v) is 14.2. The van der Waals surface area contributed by atoms with Gasteiger partial charge in [0.15, 0.2) is 0 Å². The van der Waals surface area contributed by atoms with Crippen LogP contribution in [0.25, 0.3) is 0 Å². The van der Waals surface area contributed by atoms with Gasteiger partial charge in [-0.1, -0.05) is 6.07 Å². The van der Waals surface area contributed by atoms with Gasteiger partial charge in [-0.25, -0.2) is 13.1 Å². The summed E-state index contributed by atoms with van der Waals surface area (Å²) in [5.74, 6) is 0.849. The predicted octanol–water partition coefficient (Wildman–Crippen LogP) is 1.75. The Labute approximate surface area is 132 Å². The standard InChI is InChI=1S/C14H22N2O3S.ClH/c1-9-6-10(2)14(19-3)13(7-9)20(17,18)16-8-12(15)11-4-5-11;/h6-7,11-12,16H,4-5,8,15H2,1-3H3;1H. The van der Waals surface area contributed by atoms with E-state index in [1.54, 1.807) is 6.07 Å². The van der Waals surface area contributed by atoms with E-state index in [9.17, 15) is 8.42 Å². The number of benzene rings is 1. The first-order valence-corrected chi connectivity index (χ1v) is 8.24. The van der Waals surface area contributed by atoms with Gasteiger partial charge in [-0.15, -0.1) is 12.4 Å². The number of halogens is 1. The first-order valence-electron chi connectivity index (χ1n) is 6.75. The highest BCUT2D eigenvalue weighted by molar-refractivity contribution is 7.89. The number of methoxy groups -OCH3 is 1. The van der Waals surface area contributed by atoms with Crippen LogP contribution in [0.5, 0.6) is 5.75 Å². The monoisotopic (exact) mass is 334 g/mol. The van der Waals surface area contributed by atoms with Crippen molar-refractivity contribution in [2.24, 2.45) is 11.7 Å². The molecule has 5 nitrogen and oxygen atoms in total. The van der Waals surface area contributed by atoms with Crippen molar-refractivity contribution in [2.75, 3.05) is 13.7 Å². The molecule has 3 N–H and O–H groups in total. The van der Waals surface area contributed by atoms with Crippen molar-refractivity contribution in [3.8, 4) is 5.75 Å². The summed E-state index contributed by atoms with van der Waals surface area (Å²) in [5, 5.41) is 0. The number of rotatable bonds is 6. The molecule has 0 saturated heterocycles. The Morgan fingerprint density at radius 3 is 2.52 bits per heavy atom. The van der Waals surface area contributed by atoms with Crippen LogP contribution < -0.4 is 15.2 Å². The van der Waals surface area contributed by atoms with Crippen LogP contribution >= 0.6 is 12.4 Å².